The van der Waals surface area contributed by atoms with Gasteiger partial charge in [-0.25, -0.2) is 12.8 Å². The van der Waals surface area contributed by atoms with Crippen molar-refractivity contribution in [3.63, 3.8) is 0 Å². The van der Waals surface area contributed by atoms with Crippen LogP contribution in [-0.4, -0.2) is 14.7 Å². The minimum Gasteiger partial charge on any atom is -0.224 e. The molecule has 0 saturated heterocycles. The molecule has 0 amide bonds. The standard InChI is InChI=1S/C14H13FO2S.C2H6/c1-10-5-3-8-13(14(10)15)11-6-4-7-12(9-11)18(2,16)17;1-2/h3-9H,1-2H3;1-2H3. The molecule has 20 heavy (non-hydrogen) atoms. The van der Waals surface area contributed by atoms with Crippen molar-refractivity contribution in [3.8, 4) is 11.1 Å². The van der Waals surface area contributed by atoms with Crippen LogP contribution in [0.2, 0.25) is 0 Å². The average Bonchev–Trinajstić information content (AvgIpc) is 2.43. The molecule has 0 heterocycles. The summed E-state index contributed by atoms with van der Waals surface area (Å²) in [5.41, 5.74) is 1.52. The lowest BCUT2D eigenvalue weighted by Crippen LogP contribution is -1.97. The lowest BCUT2D eigenvalue weighted by Gasteiger charge is -2.07. The molecule has 0 spiro atoms. The highest BCUT2D eigenvalue weighted by Gasteiger charge is 2.11. The van der Waals surface area contributed by atoms with E-state index in [1.165, 1.54) is 12.1 Å². The monoisotopic (exact) mass is 294 g/mol. The second-order valence-corrected chi connectivity index (χ2v) is 6.25. The molecule has 2 aromatic carbocycles. The van der Waals surface area contributed by atoms with Gasteiger partial charge in [-0.1, -0.05) is 44.2 Å². The molecule has 0 atom stereocenters. The third-order valence-electron chi connectivity index (χ3n) is 2.76. The molecule has 108 valence electrons. The first-order valence-electron chi connectivity index (χ1n) is 6.45. The Morgan fingerprint density at radius 1 is 1.00 bits per heavy atom. The van der Waals surface area contributed by atoms with Crippen molar-refractivity contribution in [1.82, 2.24) is 0 Å². The first-order chi connectivity index (χ1) is 9.39. The minimum absolute atomic E-state index is 0.195. The molecular weight excluding hydrogens is 275 g/mol. The van der Waals surface area contributed by atoms with E-state index in [0.29, 0.717) is 16.7 Å². The van der Waals surface area contributed by atoms with Gasteiger partial charge in [-0.15, -0.1) is 0 Å². The van der Waals surface area contributed by atoms with E-state index in [-0.39, 0.29) is 10.7 Å². The van der Waals surface area contributed by atoms with Gasteiger partial charge in [0.15, 0.2) is 9.84 Å². The Bertz CT molecular complexity index is 691. The molecule has 0 fully saturated rings. The summed E-state index contributed by atoms with van der Waals surface area (Å²) in [4.78, 5) is 0.195. The maximum absolute atomic E-state index is 14.0. The van der Waals surface area contributed by atoms with Crippen molar-refractivity contribution in [1.29, 1.82) is 0 Å². The van der Waals surface area contributed by atoms with Gasteiger partial charge < -0.3 is 0 Å². The fraction of sp³-hybridized carbons (Fsp3) is 0.250. The molecule has 0 aliphatic rings. The van der Waals surface area contributed by atoms with Crippen molar-refractivity contribution in [2.45, 2.75) is 25.7 Å². The fourth-order valence-electron chi connectivity index (χ4n) is 1.76. The number of sulfone groups is 1. The van der Waals surface area contributed by atoms with Crippen LogP contribution in [-0.2, 0) is 9.84 Å². The Morgan fingerprint density at radius 2 is 1.60 bits per heavy atom. The van der Waals surface area contributed by atoms with E-state index in [2.05, 4.69) is 0 Å². The Hall–Kier alpha value is -1.68. The van der Waals surface area contributed by atoms with E-state index in [1.807, 2.05) is 13.8 Å². The number of rotatable bonds is 2. The topological polar surface area (TPSA) is 34.1 Å². The van der Waals surface area contributed by atoms with Gasteiger partial charge in [0.05, 0.1) is 4.90 Å². The minimum atomic E-state index is -3.28. The van der Waals surface area contributed by atoms with E-state index in [0.717, 1.165) is 6.26 Å². The van der Waals surface area contributed by atoms with E-state index in [1.54, 1.807) is 37.3 Å². The van der Waals surface area contributed by atoms with Crippen molar-refractivity contribution in [3.05, 3.63) is 53.8 Å². The first kappa shape index (κ1) is 16.4. The largest absolute Gasteiger partial charge is 0.224 e. The Balaban J connectivity index is 0.000000956. The number of aryl methyl sites for hydroxylation is 1. The van der Waals surface area contributed by atoms with Crippen LogP contribution in [0.5, 0.6) is 0 Å². The predicted octanol–water partition coefficient (Wildman–Crippen LogP) is 4.23. The van der Waals surface area contributed by atoms with Crippen molar-refractivity contribution in [2.75, 3.05) is 6.26 Å². The van der Waals surface area contributed by atoms with Gasteiger partial charge in [0, 0.05) is 11.8 Å². The Labute approximate surface area is 120 Å². The van der Waals surface area contributed by atoms with Crippen LogP contribution in [0.25, 0.3) is 11.1 Å². The molecule has 0 aliphatic carbocycles. The first-order valence-corrected chi connectivity index (χ1v) is 8.34. The van der Waals surface area contributed by atoms with Crippen LogP contribution >= 0.6 is 0 Å². The van der Waals surface area contributed by atoms with Gasteiger partial charge in [0.25, 0.3) is 0 Å². The highest BCUT2D eigenvalue weighted by molar-refractivity contribution is 7.90. The third kappa shape index (κ3) is 3.67. The number of hydrogen-bond donors (Lipinski definition) is 0. The van der Waals surface area contributed by atoms with Crippen LogP contribution in [0, 0.1) is 12.7 Å². The van der Waals surface area contributed by atoms with Crippen LogP contribution < -0.4 is 0 Å². The lowest BCUT2D eigenvalue weighted by atomic mass is 10.0. The summed E-state index contributed by atoms with van der Waals surface area (Å²) in [5.74, 6) is -0.317. The molecule has 0 radical (unpaired) electrons. The second-order valence-electron chi connectivity index (χ2n) is 4.24. The lowest BCUT2D eigenvalue weighted by molar-refractivity contribution is 0.601. The molecule has 0 saturated carbocycles. The molecular formula is C16H19FO2S. The van der Waals surface area contributed by atoms with E-state index >= 15 is 0 Å². The summed E-state index contributed by atoms with van der Waals surface area (Å²) in [6.07, 6.45) is 1.14. The third-order valence-corrected chi connectivity index (χ3v) is 3.88. The quantitative estimate of drug-likeness (QED) is 0.830. The summed E-state index contributed by atoms with van der Waals surface area (Å²) in [5, 5.41) is 0. The molecule has 0 N–H and O–H groups in total. The smallest absolute Gasteiger partial charge is 0.175 e. The second kappa shape index (κ2) is 6.66. The van der Waals surface area contributed by atoms with E-state index < -0.39 is 9.84 Å². The average molecular weight is 294 g/mol. The molecule has 2 nitrogen and oxygen atoms in total. The maximum Gasteiger partial charge on any atom is 0.175 e. The molecule has 2 rings (SSSR count). The highest BCUT2D eigenvalue weighted by atomic mass is 32.2. The normalized spacial score (nSPS) is 10.7. The zero-order valence-corrected chi connectivity index (χ0v) is 13.0. The number of hydrogen-bond acceptors (Lipinski definition) is 2. The maximum atomic E-state index is 14.0. The number of benzene rings is 2. The van der Waals surface area contributed by atoms with E-state index in [4.69, 9.17) is 0 Å². The van der Waals surface area contributed by atoms with Gasteiger partial charge in [-0.3, -0.25) is 0 Å². The van der Waals surface area contributed by atoms with Crippen molar-refractivity contribution in [2.24, 2.45) is 0 Å². The van der Waals surface area contributed by atoms with Crippen LogP contribution in [0.15, 0.2) is 47.4 Å². The summed E-state index contributed by atoms with van der Waals surface area (Å²) in [7, 11) is -3.28. The Morgan fingerprint density at radius 3 is 2.20 bits per heavy atom. The van der Waals surface area contributed by atoms with E-state index in [9.17, 15) is 12.8 Å². The van der Waals surface area contributed by atoms with Gasteiger partial charge in [0.1, 0.15) is 5.82 Å². The molecule has 0 bridgehead atoms. The fourth-order valence-corrected chi connectivity index (χ4v) is 2.43. The van der Waals surface area contributed by atoms with Crippen molar-refractivity contribution >= 4 is 9.84 Å². The SMILES string of the molecule is CC.Cc1cccc(-c2cccc(S(C)(=O)=O)c2)c1F. The predicted molar refractivity (Wildman–Crippen MR) is 81.0 cm³/mol. The van der Waals surface area contributed by atoms with Gasteiger partial charge >= 0.3 is 0 Å². The number of halogens is 1. The molecule has 0 aliphatic heterocycles. The molecule has 4 heteroatoms. The summed E-state index contributed by atoms with van der Waals surface area (Å²) in [6.45, 7) is 5.68. The highest BCUT2D eigenvalue weighted by Crippen LogP contribution is 2.26. The van der Waals surface area contributed by atoms with Crippen LogP contribution in [0.4, 0.5) is 4.39 Å². The van der Waals surface area contributed by atoms with Gasteiger partial charge in [0.2, 0.25) is 0 Å². The van der Waals surface area contributed by atoms with Gasteiger partial charge in [-0.2, -0.15) is 0 Å². The summed E-state index contributed by atoms with van der Waals surface area (Å²) in [6, 6.07) is 11.4. The molecule has 0 aromatic heterocycles. The Kier molecular flexibility index (Phi) is 5.45. The zero-order valence-electron chi connectivity index (χ0n) is 12.1. The zero-order chi connectivity index (χ0) is 15.3. The van der Waals surface area contributed by atoms with Gasteiger partial charge in [-0.05, 0) is 30.2 Å². The molecule has 0 unspecified atom stereocenters. The van der Waals surface area contributed by atoms with Crippen LogP contribution in [0.1, 0.15) is 19.4 Å². The summed E-state index contributed by atoms with van der Waals surface area (Å²) < 4.78 is 36.9. The van der Waals surface area contributed by atoms with Crippen molar-refractivity contribution < 1.29 is 12.8 Å². The van der Waals surface area contributed by atoms with Crippen LogP contribution in [0.3, 0.4) is 0 Å². The summed E-state index contributed by atoms with van der Waals surface area (Å²) >= 11 is 0. The molecule has 2 aromatic rings.